The molecular formula is C21H25Cl4N5O2S. The summed E-state index contributed by atoms with van der Waals surface area (Å²) in [4.78, 5) is 35.3. The fraction of sp³-hybridized carbons (Fsp3) is 0.381. The second-order valence-electron chi connectivity index (χ2n) is 7.90. The Labute approximate surface area is 218 Å². The maximum absolute atomic E-state index is 12.8. The number of fused-ring (bicyclic) bond motifs is 1. The minimum Gasteiger partial charge on any atom is -0.368 e. The molecule has 4 rings (SSSR count). The Morgan fingerprint density at radius 3 is 2.79 bits per heavy atom. The number of primary amides is 1. The van der Waals surface area contributed by atoms with Crippen LogP contribution in [0.4, 0.5) is 0 Å². The fourth-order valence-electron chi connectivity index (χ4n) is 4.15. The zero-order valence-electron chi connectivity index (χ0n) is 17.7. The quantitative estimate of drug-likeness (QED) is 0.408. The molecule has 0 radical (unpaired) electrons. The van der Waals surface area contributed by atoms with Crippen molar-refractivity contribution in [2.24, 2.45) is 11.7 Å². The highest BCUT2D eigenvalue weighted by Gasteiger charge is 2.40. The standard InChI is InChI=1S/C21H23Cl2N5O2S.2ClH/c1-11(21(30)27-8-13-5-15-16(22)9-26-20(15)25-7-13)28-10-12(6-17(28)19(24)29)4-14-2-3-18(23)31-14;;/h2-3,5,7,9,11-12,17H,4,6,8,10H2,1H3,(H2,24,29)(H,25,26)(H,27,30);2*1H/t11-,12?,17?;;/m0../s1. The number of likely N-dealkylation sites (tertiary alicyclic amines) is 1. The highest BCUT2D eigenvalue weighted by Crippen LogP contribution is 2.31. The van der Waals surface area contributed by atoms with Crippen LogP contribution in [0.25, 0.3) is 11.0 Å². The van der Waals surface area contributed by atoms with E-state index in [9.17, 15) is 9.59 Å². The normalized spacial score (nSPS) is 19.0. The van der Waals surface area contributed by atoms with Gasteiger partial charge in [0, 0.05) is 35.7 Å². The summed E-state index contributed by atoms with van der Waals surface area (Å²) in [5.41, 5.74) is 7.20. The van der Waals surface area contributed by atoms with Gasteiger partial charge in [-0.05, 0) is 49.4 Å². The number of hydrogen-bond acceptors (Lipinski definition) is 5. The molecule has 7 nitrogen and oxygen atoms in total. The highest BCUT2D eigenvalue weighted by molar-refractivity contribution is 7.16. The lowest BCUT2D eigenvalue weighted by Crippen LogP contribution is -2.51. The van der Waals surface area contributed by atoms with Crippen LogP contribution in [0.5, 0.6) is 0 Å². The summed E-state index contributed by atoms with van der Waals surface area (Å²) >= 11 is 13.7. The number of pyridine rings is 1. The molecule has 4 N–H and O–H groups in total. The molecule has 33 heavy (non-hydrogen) atoms. The summed E-state index contributed by atoms with van der Waals surface area (Å²) in [6, 6.07) is 4.84. The highest BCUT2D eigenvalue weighted by atomic mass is 35.5. The van der Waals surface area contributed by atoms with E-state index in [1.165, 1.54) is 4.88 Å². The van der Waals surface area contributed by atoms with Gasteiger partial charge in [0.25, 0.3) is 0 Å². The van der Waals surface area contributed by atoms with E-state index in [-0.39, 0.29) is 36.6 Å². The Kier molecular flexibility index (Phi) is 9.84. The van der Waals surface area contributed by atoms with Crippen LogP contribution in [0.3, 0.4) is 0 Å². The van der Waals surface area contributed by atoms with Crippen LogP contribution in [-0.2, 0) is 22.6 Å². The van der Waals surface area contributed by atoms with E-state index in [1.807, 2.05) is 23.1 Å². The van der Waals surface area contributed by atoms with E-state index in [0.29, 0.717) is 30.2 Å². The lowest BCUT2D eigenvalue weighted by atomic mass is 10.0. The summed E-state index contributed by atoms with van der Waals surface area (Å²) in [5, 5.41) is 4.34. The average Bonchev–Trinajstić information content (AvgIpc) is 3.45. The minimum atomic E-state index is -0.484. The summed E-state index contributed by atoms with van der Waals surface area (Å²) in [6.07, 6.45) is 4.83. The summed E-state index contributed by atoms with van der Waals surface area (Å²) in [6.45, 7) is 2.75. The van der Waals surface area contributed by atoms with Crippen molar-refractivity contribution in [1.29, 1.82) is 0 Å². The van der Waals surface area contributed by atoms with Crippen molar-refractivity contribution in [3.05, 3.63) is 50.4 Å². The number of carbonyl (C=O) groups is 2. The van der Waals surface area contributed by atoms with Crippen LogP contribution in [0.15, 0.2) is 30.6 Å². The third kappa shape index (κ3) is 6.32. The third-order valence-corrected chi connectivity index (χ3v) is 7.32. The molecule has 4 heterocycles. The first-order chi connectivity index (χ1) is 14.8. The van der Waals surface area contributed by atoms with Crippen LogP contribution in [0.2, 0.25) is 9.36 Å². The van der Waals surface area contributed by atoms with Gasteiger partial charge in [-0.25, -0.2) is 4.98 Å². The maximum Gasteiger partial charge on any atom is 0.237 e. The second kappa shape index (κ2) is 11.7. The van der Waals surface area contributed by atoms with Gasteiger partial charge in [-0.3, -0.25) is 14.5 Å². The van der Waals surface area contributed by atoms with Crippen LogP contribution < -0.4 is 11.1 Å². The van der Waals surface area contributed by atoms with Crippen molar-refractivity contribution in [1.82, 2.24) is 20.2 Å². The molecule has 3 atom stereocenters. The van der Waals surface area contributed by atoms with Crippen molar-refractivity contribution in [2.45, 2.75) is 38.4 Å². The predicted molar refractivity (Wildman–Crippen MR) is 138 cm³/mol. The molecule has 1 aliphatic heterocycles. The molecule has 180 valence electrons. The molecule has 0 aliphatic carbocycles. The number of thiophene rings is 1. The van der Waals surface area contributed by atoms with E-state index < -0.39 is 18.0 Å². The Hall–Kier alpha value is -1.55. The maximum atomic E-state index is 12.8. The topological polar surface area (TPSA) is 104 Å². The number of carbonyl (C=O) groups excluding carboxylic acids is 2. The summed E-state index contributed by atoms with van der Waals surface area (Å²) in [7, 11) is 0. The van der Waals surface area contributed by atoms with Gasteiger partial charge in [0.2, 0.25) is 11.8 Å². The molecule has 2 amide bonds. The predicted octanol–water partition coefficient (Wildman–Crippen LogP) is 4.20. The van der Waals surface area contributed by atoms with Gasteiger partial charge in [0.1, 0.15) is 5.65 Å². The van der Waals surface area contributed by atoms with Crippen LogP contribution in [-0.4, -0.2) is 45.3 Å². The molecule has 0 saturated carbocycles. The number of rotatable bonds is 7. The molecule has 1 aliphatic rings. The zero-order chi connectivity index (χ0) is 22.1. The number of H-pyrrole nitrogens is 1. The molecule has 0 spiro atoms. The summed E-state index contributed by atoms with van der Waals surface area (Å²) < 4.78 is 0.748. The van der Waals surface area contributed by atoms with Crippen molar-refractivity contribution in [2.75, 3.05) is 6.54 Å². The van der Waals surface area contributed by atoms with E-state index in [0.717, 1.165) is 21.7 Å². The Morgan fingerprint density at radius 1 is 1.36 bits per heavy atom. The number of aromatic amines is 1. The van der Waals surface area contributed by atoms with Gasteiger partial charge in [0.15, 0.2) is 0 Å². The van der Waals surface area contributed by atoms with Crippen LogP contribution in [0, 0.1) is 5.92 Å². The molecular weight excluding hydrogens is 528 g/mol. The minimum absolute atomic E-state index is 0. The Morgan fingerprint density at radius 2 is 2.12 bits per heavy atom. The molecule has 2 unspecified atom stereocenters. The third-order valence-electron chi connectivity index (χ3n) is 5.75. The number of hydrogen-bond donors (Lipinski definition) is 3. The van der Waals surface area contributed by atoms with E-state index in [2.05, 4.69) is 15.3 Å². The smallest absolute Gasteiger partial charge is 0.237 e. The van der Waals surface area contributed by atoms with Gasteiger partial charge in [-0.15, -0.1) is 36.2 Å². The molecule has 1 fully saturated rings. The SMILES string of the molecule is C[C@@H](C(=O)NCc1cnc2[nH]cc(Cl)c2c1)N1CC(Cc2ccc(Cl)s2)CC1C(N)=O.Cl.Cl. The first kappa shape index (κ1) is 27.7. The molecule has 0 bridgehead atoms. The monoisotopic (exact) mass is 551 g/mol. The van der Waals surface area contributed by atoms with Crippen molar-refractivity contribution >= 4 is 82.2 Å². The van der Waals surface area contributed by atoms with Crippen molar-refractivity contribution in [3.63, 3.8) is 0 Å². The van der Waals surface area contributed by atoms with E-state index >= 15 is 0 Å². The van der Waals surface area contributed by atoms with Gasteiger partial charge >= 0.3 is 0 Å². The van der Waals surface area contributed by atoms with Gasteiger partial charge in [-0.2, -0.15) is 0 Å². The lowest BCUT2D eigenvalue weighted by Gasteiger charge is -2.28. The Bertz CT molecular complexity index is 1120. The second-order valence-corrected chi connectivity index (χ2v) is 10.1. The first-order valence-electron chi connectivity index (χ1n) is 10.00. The number of nitrogens with two attached hydrogens (primary N) is 1. The van der Waals surface area contributed by atoms with Crippen LogP contribution >= 0.6 is 59.4 Å². The molecule has 3 aromatic heterocycles. The number of halogens is 4. The van der Waals surface area contributed by atoms with Gasteiger partial charge in [-0.1, -0.05) is 23.2 Å². The van der Waals surface area contributed by atoms with E-state index in [4.69, 9.17) is 28.9 Å². The van der Waals surface area contributed by atoms with Crippen molar-refractivity contribution in [3.8, 4) is 0 Å². The number of aromatic nitrogens is 2. The first-order valence-corrected chi connectivity index (χ1v) is 11.6. The number of nitrogens with one attached hydrogen (secondary N) is 2. The number of amides is 2. The summed E-state index contributed by atoms with van der Waals surface area (Å²) in [5.74, 6) is -0.320. The van der Waals surface area contributed by atoms with Gasteiger partial charge < -0.3 is 16.0 Å². The van der Waals surface area contributed by atoms with Crippen molar-refractivity contribution < 1.29 is 9.59 Å². The van der Waals surface area contributed by atoms with E-state index in [1.54, 1.807) is 30.7 Å². The van der Waals surface area contributed by atoms with Crippen LogP contribution in [0.1, 0.15) is 23.8 Å². The largest absolute Gasteiger partial charge is 0.368 e. The number of nitrogens with zero attached hydrogens (tertiary/aromatic N) is 2. The van der Waals surface area contributed by atoms with Gasteiger partial charge in [0.05, 0.1) is 21.4 Å². The fourth-order valence-corrected chi connectivity index (χ4v) is 5.55. The lowest BCUT2D eigenvalue weighted by molar-refractivity contribution is -0.129. The average molecular weight is 553 g/mol. The molecule has 3 aromatic rings. The molecule has 0 aromatic carbocycles. The molecule has 1 saturated heterocycles. The Balaban J connectivity index is 0.00000193. The zero-order valence-corrected chi connectivity index (χ0v) is 21.7. The molecule has 12 heteroatoms.